The maximum absolute atomic E-state index is 12.9. The molecule has 2 aromatic rings. The number of nitrogens with one attached hydrogen (secondary N) is 1. The first-order valence-corrected chi connectivity index (χ1v) is 11.1. The number of aromatic amines is 1. The number of aromatic nitrogens is 1. The standard InChI is InChI=1S/C17H21N3O4S2/c21-16(12-3-1-2-4-12)19-7-9-20(10-8-19)26(23,24)13-5-6-14-15(11-13)25-17(22)18-14/h5-6,11-12H,1-4,7-10H2,(H,18,22). The van der Waals surface area contributed by atoms with E-state index in [1.54, 1.807) is 12.1 Å². The lowest BCUT2D eigenvalue weighted by Crippen LogP contribution is -2.51. The van der Waals surface area contributed by atoms with E-state index < -0.39 is 10.0 Å². The van der Waals surface area contributed by atoms with Gasteiger partial charge < -0.3 is 9.88 Å². The van der Waals surface area contributed by atoms with Crippen molar-refractivity contribution in [3.8, 4) is 0 Å². The van der Waals surface area contributed by atoms with Crippen LogP contribution in [0.5, 0.6) is 0 Å². The first kappa shape index (κ1) is 17.7. The van der Waals surface area contributed by atoms with Crippen molar-refractivity contribution in [3.05, 3.63) is 27.9 Å². The summed E-state index contributed by atoms with van der Waals surface area (Å²) in [7, 11) is -3.63. The van der Waals surface area contributed by atoms with E-state index in [2.05, 4.69) is 4.98 Å². The Morgan fingerprint density at radius 2 is 1.81 bits per heavy atom. The molecule has 0 bridgehead atoms. The third-order valence-electron chi connectivity index (χ3n) is 5.28. The number of H-pyrrole nitrogens is 1. The summed E-state index contributed by atoms with van der Waals surface area (Å²) in [6.45, 7) is 1.49. The molecule has 1 amide bonds. The van der Waals surface area contributed by atoms with Crippen LogP contribution in [-0.2, 0) is 14.8 Å². The van der Waals surface area contributed by atoms with Gasteiger partial charge in [0.2, 0.25) is 15.9 Å². The van der Waals surface area contributed by atoms with Crippen molar-refractivity contribution in [2.75, 3.05) is 26.2 Å². The number of benzene rings is 1. The van der Waals surface area contributed by atoms with Gasteiger partial charge in [-0.2, -0.15) is 4.31 Å². The van der Waals surface area contributed by atoms with Crippen LogP contribution >= 0.6 is 11.3 Å². The summed E-state index contributed by atoms with van der Waals surface area (Å²) < 4.78 is 27.9. The minimum absolute atomic E-state index is 0.122. The molecule has 2 fully saturated rings. The summed E-state index contributed by atoms with van der Waals surface area (Å²) in [4.78, 5) is 28.4. The van der Waals surface area contributed by atoms with E-state index in [4.69, 9.17) is 0 Å². The monoisotopic (exact) mass is 395 g/mol. The van der Waals surface area contributed by atoms with Gasteiger partial charge >= 0.3 is 4.87 Å². The Balaban J connectivity index is 1.48. The normalized spacial score (nSPS) is 20.1. The highest BCUT2D eigenvalue weighted by atomic mass is 32.2. The molecule has 26 heavy (non-hydrogen) atoms. The lowest BCUT2D eigenvalue weighted by atomic mass is 10.1. The summed E-state index contributed by atoms with van der Waals surface area (Å²) >= 11 is 1.00. The van der Waals surface area contributed by atoms with Crippen molar-refractivity contribution < 1.29 is 13.2 Å². The average Bonchev–Trinajstić information content (AvgIpc) is 3.29. The number of thiazole rings is 1. The number of amides is 1. The highest BCUT2D eigenvalue weighted by Gasteiger charge is 2.33. The van der Waals surface area contributed by atoms with Gasteiger partial charge in [0.15, 0.2) is 0 Å². The minimum atomic E-state index is -3.63. The summed E-state index contributed by atoms with van der Waals surface area (Å²) in [5.41, 5.74) is 0.644. The molecule has 1 saturated heterocycles. The van der Waals surface area contributed by atoms with Crippen LogP contribution in [0.25, 0.3) is 10.2 Å². The molecule has 2 heterocycles. The molecule has 1 aromatic carbocycles. The predicted octanol–water partition coefficient (Wildman–Crippen LogP) is 1.61. The van der Waals surface area contributed by atoms with Crippen LogP contribution in [0.4, 0.5) is 0 Å². The fraction of sp³-hybridized carbons (Fsp3) is 0.529. The molecular formula is C17H21N3O4S2. The number of hydrogen-bond acceptors (Lipinski definition) is 5. The van der Waals surface area contributed by atoms with Crippen LogP contribution in [0.2, 0.25) is 0 Å². The molecule has 0 unspecified atom stereocenters. The number of nitrogens with zero attached hydrogens (tertiary/aromatic N) is 2. The smallest absolute Gasteiger partial charge is 0.305 e. The van der Waals surface area contributed by atoms with E-state index in [0.29, 0.717) is 36.4 Å². The van der Waals surface area contributed by atoms with Crippen molar-refractivity contribution in [1.29, 1.82) is 0 Å². The van der Waals surface area contributed by atoms with Crippen molar-refractivity contribution in [3.63, 3.8) is 0 Å². The molecule has 1 aromatic heterocycles. The summed E-state index contributed by atoms with van der Waals surface area (Å²) in [5.74, 6) is 0.301. The average molecular weight is 396 g/mol. The second-order valence-electron chi connectivity index (χ2n) is 6.88. The van der Waals surface area contributed by atoms with E-state index in [-0.39, 0.29) is 21.6 Å². The molecule has 1 N–H and O–H groups in total. The molecule has 0 atom stereocenters. The van der Waals surface area contributed by atoms with E-state index in [1.807, 2.05) is 4.90 Å². The van der Waals surface area contributed by atoms with Crippen LogP contribution < -0.4 is 4.87 Å². The van der Waals surface area contributed by atoms with Crippen LogP contribution in [0.1, 0.15) is 25.7 Å². The lowest BCUT2D eigenvalue weighted by Gasteiger charge is -2.35. The van der Waals surface area contributed by atoms with E-state index in [0.717, 1.165) is 37.0 Å². The number of fused-ring (bicyclic) bond motifs is 1. The highest BCUT2D eigenvalue weighted by molar-refractivity contribution is 7.89. The molecule has 4 rings (SSSR count). The quantitative estimate of drug-likeness (QED) is 0.855. The van der Waals surface area contributed by atoms with Crippen molar-refractivity contribution in [2.24, 2.45) is 5.92 Å². The third-order valence-corrected chi connectivity index (χ3v) is 8.02. The maximum Gasteiger partial charge on any atom is 0.305 e. The largest absolute Gasteiger partial charge is 0.340 e. The molecular weight excluding hydrogens is 374 g/mol. The number of carbonyl (C=O) groups excluding carboxylic acids is 1. The Kier molecular flexibility index (Phi) is 4.62. The Bertz CT molecular complexity index is 981. The zero-order valence-electron chi connectivity index (χ0n) is 14.3. The van der Waals surface area contributed by atoms with Gasteiger partial charge in [-0.3, -0.25) is 9.59 Å². The second-order valence-corrected chi connectivity index (χ2v) is 9.84. The van der Waals surface area contributed by atoms with Gasteiger partial charge in [-0.05, 0) is 31.0 Å². The number of carbonyl (C=O) groups is 1. The highest BCUT2D eigenvalue weighted by Crippen LogP contribution is 2.28. The molecule has 0 radical (unpaired) electrons. The molecule has 0 spiro atoms. The van der Waals surface area contributed by atoms with Gasteiger partial charge in [-0.25, -0.2) is 8.42 Å². The zero-order valence-corrected chi connectivity index (χ0v) is 15.9. The van der Waals surface area contributed by atoms with Gasteiger partial charge in [0, 0.05) is 32.1 Å². The van der Waals surface area contributed by atoms with Gasteiger partial charge in [0.05, 0.1) is 15.1 Å². The summed E-state index contributed by atoms with van der Waals surface area (Å²) in [6, 6.07) is 4.69. The molecule has 1 aliphatic carbocycles. The fourth-order valence-corrected chi connectivity index (χ4v) is 6.11. The van der Waals surface area contributed by atoms with Gasteiger partial charge in [0.1, 0.15) is 0 Å². The van der Waals surface area contributed by atoms with E-state index >= 15 is 0 Å². The SMILES string of the molecule is O=C(C1CCCC1)N1CCN(S(=O)(=O)c2ccc3[nH]c(=O)sc3c2)CC1. The first-order chi connectivity index (χ1) is 12.4. The molecule has 140 valence electrons. The van der Waals surface area contributed by atoms with E-state index in [1.165, 1.54) is 10.4 Å². The molecule has 2 aliphatic rings. The van der Waals surface area contributed by atoms with Gasteiger partial charge in [0.25, 0.3) is 0 Å². The third kappa shape index (κ3) is 3.19. The minimum Gasteiger partial charge on any atom is -0.340 e. The van der Waals surface area contributed by atoms with E-state index in [9.17, 15) is 18.0 Å². The first-order valence-electron chi connectivity index (χ1n) is 8.87. The van der Waals surface area contributed by atoms with Crippen molar-refractivity contribution in [1.82, 2.24) is 14.2 Å². The Labute approximate surface area is 155 Å². The predicted molar refractivity (Wildman–Crippen MR) is 99.7 cm³/mol. The molecule has 9 heteroatoms. The zero-order chi connectivity index (χ0) is 18.3. The topological polar surface area (TPSA) is 90.6 Å². The van der Waals surface area contributed by atoms with Gasteiger partial charge in [-0.1, -0.05) is 24.2 Å². The summed E-state index contributed by atoms with van der Waals surface area (Å²) in [6.07, 6.45) is 4.13. The van der Waals surface area contributed by atoms with Crippen molar-refractivity contribution >= 4 is 37.5 Å². The molecule has 1 saturated carbocycles. The van der Waals surface area contributed by atoms with Crippen LogP contribution in [0.15, 0.2) is 27.9 Å². The number of piperazine rings is 1. The summed E-state index contributed by atoms with van der Waals surface area (Å²) in [5, 5.41) is 0. The Morgan fingerprint density at radius 3 is 2.50 bits per heavy atom. The molecule has 1 aliphatic heterocycles. The lowest BCUT2D eigenvalue weighted by molar-refractivity contribution is -0.136. The van der Waals surface area contributed by atoms with Crippen LogP contribution in [0, 0.1) is 5.92 Å². The van der Waals surface area contributed by atoms with Crippen LogP contribution in [-0.4, -0.2) is 54.7 Å². The number of rotatable bonds is 3. The Morgan fingerprint density at radius 1 is 1.12 bits per heavy atom. The maximum atomic E-state index is 12.9. The number of sulfonamides is 1. The number of hydrogen-bond donors (Lipinski definition) is 1. The Hall–Kier alpha value is -1.71. The fourth-order valence-electron chi connectivity index (χ4n) is 3.82. The van der Waals surface area contributed by atoms with Crippen molar-refractivity contribution in [2.45, 2.75) is 30.6 Å². The molecule has 7 nitrogen and oxygen atoms in total. The van der Waals surface area contributed by atoms with Gasteiger partial charge in [-0.15, -0.1) is 0 Å². The second kappa shape index (κ2) is 6.79. The van der Waals surface area contributed by atoms with Crippen LogP contribution in [0.3, 0.4) is 0 Å².